The van der Waals surface area contributed by atoms with Gasteiger partial charge in [0.2, 0.25) is 10.0 Å². The summed E-state index contributed by atoms with van der Waals surface area (Å²) in [6, 6.07) is 10.2. The Hall–Kier alpha value is -1.35. The van der Waals surface area contributed by atoms with E-state index in [2.05, 4.69) is 5.32 Å². The van der Waals surface area contributed by atoms with Gasteiger partial charge < -0.3 is 9.84 Å². The van der Waals surface area contributed by atoms with Crippen LogP contribution in [-0.2, 0) is 10.0 Å². The second-order valence-electron chi connectivity index (χ2n) is 7.99. The van der Waals surface area contributed by atoms with E-state index in [0.717, 1.165) is 30.9 Å². The van der Waals surface area contributed by atoms with E-state index in [1.807, 2.05) is 39.0 Å². The molecule has 2 aromatic carbocycles. The van der Waals surface area contributed by atoms with Gasteiger partial charge in [-0.3, -0.25) is 5.32 Å². The molecule has 0 aliphatic heterocycles. The molecule has 1 aliphatic rings. The number of benzene rings is 2. The summed E-state index contributed by atoms with van der Waals surface area (Å²) in [4.78, 5) is 0.0718. The SMILES string of the molecule is CCCCN(CC)S(=O)(=O)c1cc(Cl)c(Oc2ccccc2C)c(Cl)c1.OCNCC1CC1. The van der Waals surface area contributed by atoms with Gasteiger partial charge in [0, 0.05) is 19.6 Å². The molecular weight excluding hydrogens is 483 g/mol. The molecule has 0 aromatic heterocycles. The van der Waals surface area contributed by atoms with Crippen LogP contribution in [0.15, 0.2) is 41.3 Å². The van der Waals surface area contributed by atoms with E-state index in [1.165, 1.54) is 29.3 Å². The minimum atomic E-state index is -3.66. The van der Waals surface area contributed by atoms with Gasteiger partial charge in [-0.2, -0.15) is 4.31 Å². The lowest BCUT2D eigenvalue weighted by molar-refractivity contribution is 0.259. The standard InChI is InChI=1S/C19H23Cl2NO3S.C5H11NO/c1-4-6-11-22(5-2)26(23,24)15-12-16(20)19(17(21)13-15)25-18-10-8-7-9-14(18)3;7-4-6-3-5-1-2-5/h7-10,12-13H,4-6,11H2,1-3H3;5-7H,1-4H2. The third kappa shape index (κ3) is 8.42. The van der Waals surface area contributed by atoms with Crippen molar-refractivity contribution in [3.8, 4) is 11.5 Å². The second-order valence-corrected chi connectivity index (χ2v) is 10.7. The van der Waals surface area contributed by atoms with Crippen LogP contribution >= 0.6 is 23.2 Å². The third-order valence-electron chi connectivity index (χ3n) is 5.27. The number of aryl methyl sites for hydroxylation is 1. The number of hydrogen-bond acceptors (Lipinski definition) is 5. The number of rotatable bonds is 11. The molecule has 184 valence electrons. The monoisotopic (exact) mass is 516 g/mol. The molecule has 0 heterocycles. The maximum atomic E-state index is 12.9. The highest BCUT2D eigenvalue weighted by atomic mass is 35.5. The van der Waals surface area contributed by atoms with Crippen LogP contribution in [0, 0.1) is 12.8 Å². The van der Waals surface area contributed by atoms with E-state index in [-0.39, 0.29) is 27.4 Å². The van der Waals surface area contributed by atoms with Crippen LogP contribution in [0.4, 0.5) is 0 Å². The van der Waals surface area contributed by atoms with E-state index >= 15 is 0 Å². The first kappa shape index (κ1) is 27.9. The van der Waals surface area contributed by atoms with Gasteiger partial charge >= 0.3 is 0 Å². The van der Waals surface area contributed by atoms with E-state index in [0.29, 0.717) is 18.8 Å². The summed E-state index contributed by atoms with van der Waals surface area (Å²) in [5.74, 6) is 1.75. The van der Waals surface area contributed by atoms with Gasteiger partial charge in [-0.25, -0.2) is 8.42 Å². The average molecular weight is 518 g/mol. The van der Waals surface area contributed by atoms with E-state index < -0.39 is 10.0 Å². The van der Waals surface area contributed by atoms with Crippen molar-refractivity contribution in [3.05, 3.63) is 52.0 Å². The Kier molecular flexibility index (Phi) is 11.4. The molecule has 33 heavy (non-hydrogen) atoms. The summed E-state index contributed by atoms with van der Waals surface area (Å²) in [5.41, 5.74) is 0.924. The molecule has 1 aliphatic carbocycles. The summed E-state index contributed by atoms with van der Waals surface area (Å²) in [5, 5.41) is 11.4. The van der Waals surface area contributed by atoms with Crippen molar-refractivity contribution in [3.63, 3.8) is 0 Å². The Morgan fingerprint density at radius 2 is 1.79 bits per heavy atom. The highest BCUT2D eigenvalue weighted by molar-refractivity contribution is 7.89. The molecule has 9 heteroatoms. The number of nitrogens with zero attached hydrogens (tertiary/aromatic N) is 1. The quantitative estimate of drug-likeness (QED) is 0.366. The Labute approximate surface area is 207 Å². The molecule has 6 nitrogen and oxygen atoms in total. The predicted molar refractivity (Wildman–Crippen MR) is 135 cm³/mol. The topological polar surface area (TPSA) is 78.9 Å². The van der Waals surface area contributed by atoms with Gasteiger partial charge in [0.15, 0.2) is 5.75 Å². The molecule has 0 atom stereocenters. The molecule has 3 rings (SSSR count). The molecule has 1 saturated carbocycles. The van der Waals surface area contributed by atoms with Crippen LogP contribution in [0.5, 0.6) is 11.5 Å². The van der Waals surface area contributed by atoms with Crippen LogP contribution in [0.2, 0.25) is 10.0 Å². The molecule has 0 unspecified atom stereocenters. The number of halogens is 2. The summed E-state index contributed by atoms with van der Waals surface area (Å²) < 4.78 is 33.0. The number of sulfonamides is 1. The summed E-state index contributed by atoms with van der Waals surface area (Å²) in [7, 11) is -3.66. The van der Waals surface area contributed by atoms with Crippen molar-refractivity contribution in [1.29, 1.82) is 0 Å². The fraction of sp³-hybridized carbons (Fsp3) is 0.500. The zero-order valence-corrected chi connectivity index (χ0v) is 21.8. The van der Waals surface area contributed by atoms with Crippen molar-refractivity contribution in [2.24, 2.45) is 5.92 Å². The summed E-state index contributed by atoms with van der Waals surface area (Å²) in [6.45, 7) is 7.73. The van der Waals surface area contributed by atoms with Crippen molar-refractivity contribution in [1.82, 2.24) is 9.62 Å². The number of unbranched alkanes of at least 4 members (excludes halogenated alkanes) is 1. The van der Waals surface area contributed by atoms with Crippen molar-refractivity contribution in [2.75, 3.05) is 26.4 Å². The number of aliphatic hydroxyl groups is 1. The third-order valence-corrected chi connectivity index (χ3v) is 7.78. The molecule has 2 N–H and O–H groups in total. The van der Waals surface area contributed by atoms with Crippen molar-refractivity contribution in [2.45, 2.75) is 51.3 Å². The van der Waals surface area contributed by atoms with E-state index in [4.69, 9.17) is 33.0 Å². The van der Waals surface area contributed by atoms with Crippen LogP contribution in [0.3, 0.4) is 0 Å². The molecule has 2 aromatic rings. The van der Waals surface area contributed by atoms with Crippen LogP contribution in [0.1, 0.15) is 45.1 Å². The zero-order chi connectivity index (χ0) is 24.4. The normalized spacial score (nSPS) is 13.5. The van der Waals surface area contributed by atoms with Gasteiger partial charge in [0.05, 0.1) is 21.7 Å². The second kappa shape index (κ2) is 13.5. The molecule has 0 spiro atoms. The minimum Gasteiger partial charge on any atom is -0.454 e. The molecule has 0 saturated heterocycles. The largest absolute Gasteiger partial charge is 0.454 e. The first-order valence-electron chi connectivity index (χ1n) is 11.3. The average Bonchev–Trinajstić information content (AvgIpc) is 3.61. The minimum absolute atomic E-state index is 0.0718. The van der Waals surface area contributed by atoms with Gasteiger partial charge in [0.25, 0.3) is 0 Å². The lowest BCUT2D eigenvalue weighted by Crippen LogP contribution is -2.31. The van der Waals surface area contributed by atoms with Gasteiger partial charge in [-0.1, -0.05) is 61.7 Å². The number of hydrogen-bond donors (Lipinski definition) is 2. The van der Waals surface area contributed by atoms with Crippen molar-refractivity contribution < 1.29 is 18.3 Å². The maximum Gasteiger partial charge on any atom is 0.243 e. The lowest BCUT2D eigenvalue weighted by atomic mass is 10.2. The number of ether oxygens (including phenoxy) is 1. The molecule has 0 bridgehead atoms. The molecule has 0 radical (unpaired) electrons. The fourth-order valence-electron chi connectivity index (χ4n) is 3.09. The highest BCUT2D eigenvalue weighted by Crippen LogP contribution is 2.39. The number of nitrogens with one attached hydrogen (secondary N) is 1. The first-order chi connectivity index (χ1) is 15.7. The predicted octanol–water partition coefficient (Wildman–Crippen LogP) is 5.84. The summed E-state index contributed by atoms with van der Waals surface area (Å²) in [6.07, 6.45) is 4.42. The Balaban J connectivity index is 0.000000468. The van der Waals surface area contributed by atoms with Crippen molar-refractivity contribution >= 4 is 33.2 Å². The van der Waals surface area contributed by atoms with Gasteiger partial charge in [-0.05, 0) is 55.9 Å². The van der Waals surface area contributed by atoms with Crippen LogP contribution in [0.25, 0.3) is 0 Å². The van der Waals surface area contributed by atoms with Crippen LogP contribution in [-0.4, -0.2) is 44.2 Å². The van der Waals surface area contributed by atoms with E-state index in [1.54, 1.807) is 6.07 Å². The summed E-state index contributed by atoms with van der Waals surface area (Å²) >= 11 is 12.6. The molecule has 1 fully saturated rings. The van der Waals surface area contributed by atoms with Crippen LogP contribution < -0.4 is 10.1 Å². The van der Waals surface area contributed by atoms with Gasteiger partial charge in [-0.15, -0.1) is 0 Å². The zero-order valence-electron chi connectivity index (χ0n) is 19.5. The fourth-order valence-corrected chi connectivity index (χ4v) is 5.32. The first-order valence-corrected chi connectivity index (χ1v) is 13.5. The lowest BCUT2D eigenvalue weighted by Gasteiger charge is -2.21. The maximum absolute atomic E-state index is 12.9. The van der Waals surface area contributed by atoms with Gasteiger partial charge in [0.1, 0.15) is 5.75 Å². The Morgan fingerprint density at radius 3 is 2.30 bits per heavy atom. The highest BCUT2D eigenvalue weighted by Gasteiger charge is 2.25. The smallest absolute Gasteiger partial charge is 0.243 e. The Bertz CT molecular complexity index is 975. The Morgan fingerprint density at radius 1 is 1.15 bits per heavy atom. The number of para-hydroxylation sites is 1. The van der Waals surface area contributed by atoms with E-state index in [9.17, 15) is 8.42 Å². The number of aliphatic hydroxyl groups excluding tert-OH is 1. The molecular formula is C24H34Cl2N2O4S. The molecule has 0 amide bonds.